The van der Waals surface area contributed by atoms with E-state index in [2.05, 4.69) is 27.6 Å². The van der Waals surface area contributed by atoms with Crippen LogP contribution in [0.1, 0.15) is 76.7 Å². The van der Waals surface area contributed by atoms with Gasteiger partial charge in [-0.05, 0) is 83.4 Å². The van der Waals surface area contributed by atoms with Crippen LogP contribution in [0.2, 0.25) is 0 Å². The molecule has 0 aliphatic carbocycles. The van der Waals surface area contributed by atoms with E-state index in [9.17, 15) is 4.39 Å². The Kier molecular flexibility index (Phi) is 9.53. The van der Waals surface area contributed by atoms with Gasteiger partial charge in [0, 0.05) is 37.4 Å². The molecule has 190 valence electrons. The van der Waals surface area contributed by atoms with Gasteiger partial charge < -0.3 is 15.4 Å². The van der Waals surface area contributed by atoms with Crippen LogP contribution in [0, 0.1) is 0 Å². The number of hydrogen-bond acceptors (Lipinski definition) is 6. The molecule has 0 aromatic carbocycles. The van der Waals surface area contributed by atoms with Crippen LogP contribution in [0.3, 0.4) is 0 Å². The second kappa shape index (κ2) is 12.8. The first-order valence-corrected chi connectivity index (χ1v) is 13.4. The van der Waals surface area contributed by atoms with Gasteiger partial charge in [-0.15, -0.1) is 0 Å². The number of rotatable bonds is 6. The van der Waals surface area contributed by atoms with Gasteiger partial charge in [0.05, 0.1) is 25.1 Å². The quantitative estimate of drug-likeness (QED) is 0.647. The third-order valence-corrected chi connectivity index (χ3v) is 7.56. The number of hydrogen-bond donors (Lipinski definition) is 2. The van der Waals surface area contributed by atoms with Crippen molar-refractivity contribution >= 4 is 11.5 Å². The van der Waals surface area contributed by atoms with Gasteiger partial charge in [-0.25, -0.2) is 13.9 Å². The van der Waals surface area contributed by atoms with Crippen LogP contribution in [-0.4, -0.2) is 77.1 Å². The number of fused-ring (bicyclic) bond motifs is 1. The highest BCUT2D eigenvalue weighted by Crippen LogP contribution is 2.30. The van der Waals surface area contributed by atoms with E-state index in [0.717, 1.165) is 82.9 Å². The zero-order valence-corrected chi connectivity index (χ0v) is 21.0. The van der Waals surface area contributed by atoms with Crippen molar-refractivity contribution in [2.75, 3.05) is 44.6 Å². The first kappa shape index (κ1) is 25.3. The molecule has 0 amide bonds. The summed E-state index contributed by atoms with van der Waals surface area (Å²) in [4.78, 5) is 7.53. The Bertz CT molecular complexity index is 868. The van der Waals surface area contributed by atoms with Gasteiger partial charge in [0.15, 0.2) is 5.65 Å². The molecule has 0 spiro atoms. The van der Waals surface area contributed by atoms with E-state index in [1.807, 2.05) is 23.0 Å². The van der Waals surface area contributed by atoms with Crippen LogP contribution >= 0.6 is 0 Å². The van der Waals surface area contributed by atoms with Crippen LogP contribution in [0.15, 0.2) is 18.5 Å². The van der Waals surface area contributed by atoms with Gasteiger partial charge in [0.2, 0.25) is 0 Å². The molecule has 2 aliphatic heterocycles. The zero-order chi connectivity index (χ0) is 23.8. The van der Waals surface area contributed by atoms with Crippen molar-refractivity contribution < 1.29 is 9.13 Å². The van der Waals surface area contributed by atoms with E-state index in [1.54, 1.807) is 6.92 Å². The van der Waals surface area contributed by atoms with Crippen LogP contribution < -0.4 is 10.6 Å². The summed E-state index contributed by atoms with van der Waals surface area (Å²) in [6.07, 6.45) is 11.3. The molecular weight excluding hydrogens is 431 g/mol. The van der Waals surface area contributed by atoms with Crippen LogP contribution in [0.25, 0.3) is 5.65 Å². The topological polar surface area (TPSA) is 66.7 Å². The molecule has 3 atom stereocenters. The highest BCUT2D eigenvalue weighted by Gasteiger charge is 2.23. The van der Waals surface area contributed by atoms with Crippen molar-refractivity contribution in [3.05, 3.63) is 24.0 Å². The minimum Gasteiger partial charge on any atom is -0.377 e. The molecule has 4 rings (SSSR count). The molecule has 34 heavy (non-hydrogen) atoms. The minimum atomic E-state index is -0.743. The molecule has 4 heterocycles. The molecule has 3 unspecified atom stereocenters. The zero-order valence-electron chi connectivity index (χ0n) is 21.0. The molecule has 7 nitrogen and oxygen atoms in total. The molecule has 2 bridgehead atoms. The highest BCUT2D eigenvalue weighted by molar-refractivity contribution is 5.53. The average Bonchev–Trinajstić information content (AvgIpc) is 3.26. The lowest BCUT2D eigenvalue weighted by molar-refractivity contribution is 0.0148. The van der Waals surface area contributed by atoms with Gasteiger partial charge in [0.25, 0.3) is 0 Å². The SMILES string of the molecule is CCC1CCC(CCCC(C)F)OCCN(C2CCNCC2)CCNc2ccn3ncc1c3n2. The first-order valence-electron chi connectivity index (χ1n) is 13.4. The van der Waals surface area contributed by atoms with E-state index >= 15 is 0 Å². The number of alkyl halides is 1. The van der Waals surface area contributed by atoms with Gasteiger partial charge >= 0.3 is 0 Å². The summed E-state index contributed by atoms with van der Waals surface area (Å²) in [5.41, 5.74) is 2.17. The van der Waals surface area contributed by atoms with Crippen molar-refractivity contribution in [3.8, 4) is 0 Å². The van der Waals surface area contributed by atoms with E-state index in [0.29, 0.717) is 18.4 Å². The van der Waals surface area contributed by atoms with E-state index < -0.39 is 6.17 Å². The van der Waals surface area contributed by atoms with E-state index in [-0.39, 0.29) is 6.10 Å². The number of piperidine rings is 1. The Morgan fingerprint density at radius 1 is 1.18 bits per heavy atom. The summed E-state index contributed by atoms with van der Waals surface area (Å²) in [5, 5.41) is 11.6. The lowest BCUT2D eigenvalue weighted by Gasteiger charge is -2.35. The fourth-order valence-corrected chi connectivity index (χ4v) is 5.49. The number of ether oxygens (including phenoxy) is 1. The molecule has 2 N–H and O–H groups in total. The maximum atomic E-state index is 13.4. The van der Waals surface area contributed by atoms with Gasteiger partial charge in [0.1, 0.15) is 5.82 Å². The fourth-order valence-electron chi connectivity index (χ4n) is 5.49. The molecule has 2 aromatic heterocycles. The predicted octanol–water partition coefficient (Wildman–Crippen LogP) is 4.40. The molecular formula is C26H43FN6O. The van der Waals surface area contributed by atoms with Gasteiger partial charge in [-0.1, -0.05) is 6.92 Å². The highest BCUT2D eigenvalue weighted by atomic mass is 19.1. The summed E-state index contributed by atoms with van der Waals surface area (Å²) in [5.74, 6) is 1.31. The van der Waals surface area contributed by atoms with Crippen molar-refractivity contribution in [2.24, 2.45) is 0 Å². The second-order valence-electron chi connectivity index (χ2n) is 10.0. The van der Waals surface area contributed by atoms with Gasteiger partial charge in [-0.2, -0.15) is 5.10 Å². The average molecular weight is 475 g/mol. The molecule has 1 fully saturated rings. The molecule has 2 aromatic rings. The molecule has 8 heteroatoms. The Balaban J connectivity index is 1.52. The number of anilines is 1. The number of halogens is 1. The second-order valence-corrected chi connectivity index (χ2v) is 10.0. The van der Waals surface area contributed by atoms with Gasteiger partial charge in [-0.3, -0.25) is 4.90 Å². The summed E-state index contributed by atoms with van der Waals surface area (Å²) in [6.45, 7) is 9.56. The van der Waals surface area contributed by atoms with Crippen molar-refractivity contribution in [1.82, 2.24) is 24.8 Å². The van der Waals surface area contributed by atoms with Crippen LogP contribution in [0.4, 0.5) is 10.2 Å². The Hall–Kier alpha value is -1.77. The monoisotopic (exact) mass is 474 g/mol. The van der Waals surface area contributed by atoms with E-state index in [4.69, 9.17) is 9.72 Å². The van der Waals surface area contributed by atoms with E-state index in [1.165, 1.54) is 18.4 Å². The maximum Gasteiger partial charge on any atom is 0.160 e. The largest absolute Gasteiger partial charge is 0.377 e. The Morgan fingerprint density at radius 2 is 2.03 bits per heavy atom. The molecule has 0 saturated carbocycles. The number of aromatic nitrogens is 3. The van der Waals surface area contributed by atoms with Crippen LogP contribution in [-0.2, 0) is 4.74 Å². The van der Waals surface area contributed by atoms with Crippen molar-refractivity contribution in [3.63, 3.8) is 0 Å². The fraction of sp³-hybridized carbons (Fsp3) is 0.769. The lowest BCUT2D eigenvalue weighted by atomic mass is 9.91. The molecule has 2 aliphatic rings. The summed E-state index contributed by atoms with van der Waals surface area (Å²) >= 11 is 0. The van der Waals surface area contributed by atoms with Crippen molar-refractivity contribution in [2.45, 2.75) is 89.4 Å². The third kappa shape index (κ3) is 6.89. The summed E-state index contributed by atoms with van der Waals surface area (Å²) < 4.78 is 21.8. The standard InChI is InChI=1S/C26H43FN6O/c1-3-21-7-8-23(6-4-5-20(2)27)34-18-17-32(22-9-12-28-13-10-22)16-14-29-25-11-15-33-26(31-25)24(21)19-30-33/h11,15,19-23,28H,3-10,12-14,16-18H2,1-2H3,(H,29,31). The normalized spacial score (nSPS) is 25.0. The lowest BCUT2D eigenvalue weighted by Crippen LogP contribution is -2.46. The Morgan fingerprint density at radius 3 is 2.82 bits per heavy atom. The predicted molar refractivity (Wildman–Crippen MR) is 135 cm³/mol. The third-order valence-electron chi connectivity index (χ3n) is 7.56. The number of nitrogens with one attached hydrogen (secondary N) is 2. The summed E-state index contributed by atoms with van der Waals surface area (Å²) in [6, 6.07) is 2.61. The first-order chi connectivity index (χ1) is 16.6. The molecule has 0 radical (unpaired) electrons. The minimum absolute atomic E-state index is 0.177. The smallest absolute Gasteiger partial charge is 0.160 e. The maximum absolute atomic E-state index is 13.4. The Labute approximate surface area is 203 Å². The summed E-state index contributed by atoms with van der Waals surface area (Å²) in [7, 11) is 0. The van der Waals surface area contributed by atoms with Crippen molar-refractivity contribution in [1.29, 1.82) is 0 Å². The number of nitrogens with zero attached hydrogens (tertiary/aromatic N) is 4. The van der Waals surface area contributed by atoms with Crippen LogP contribution in [0.5, 0.6) is 0 Å². The molecule has 1 saturated heterocycles.